The third-order valence-corrected chi connectivity index (χ3v) is 5.17. The maximum atomic E-state index is 5.84. The molecule has 0 radical (unpaired) electrons. The van der Waals surface area contributed by atoms with E-state index in [9.17, 15) is 0 Å². The molecule has 0 saturated carbocycles. The molecular formula is C13H17BrClNS. The molecular weight excluding hydrogens is 318 g/mol. The van der Waals surface area contributed by atoms with Gasteiger partial charge in [0.25, 0.3) is 0 Å². The van der Waals surface area contributed by atoms with Gasteiger partial charge in [-0.15, -0.1) is 11.6 Å². The number of anilines is 1. The van der Waals surface area contributed by atoms with Gasteiger partial charge in [-0.1, -0.05) is 6.07 Å². The highest BCUT2D eigenvalue weighted by Gasteiger charge is 2.27. The van der Waals surface area contributed by atoms with Crippen LogP contribution in [0.4, 0.5) is 5.69 Å². The molecule has 0 atom stereocenters. The Bertz CT molecular complexity index is 408. The van der Waals surface area contributed by atoms with E-state index in [1.54, 1.807) is 0 Å². The van der Waals surface area contributed by atoms with E-state index in [0.717, 1.165) is 23.1 Å². The third-order valence-electron chi connectivity index (χ3n) is 2.93. The number of hydrogen-bond donors (Lipinski definition) is 0. The fourth-order valence-corrected chi connectivity index (χ4v) is 4.07. The molecule has 1 fully saturated rings. The maximum absolute atomic E-state index is 5.84. The van der Waals surface area contributed by atoms with Crippen molar-refractivity contribution in [1.29, 1.82) is 0 Å². The van der Waals surface area contributed by atoms with E-state index in [4.69, 9.17) is 11.6 Å². The van der Waals surface area contributed by atoms with Crippen molar-refractivity contribution < 1.29 is 0 Å². The zero-order valence-corrected chi connectivity index (χ0v) is 13.3. The summed E-state index contributed by atoms with van der Waals surface area (Å²) in [6.45, 7) is 6.83. The Morgan fingerprint density at radius 1 is 1.47 bits per heavy atom. The van der Waals surface area contributed by atoms with Gasteiger partial charge >= 0.3 is 0 Å². The van der Waals surface area contributed by atoms with Crippen molar-refractivity contribution in [3.63, 3.8) is 0 Å². The minimum atomic E-state index is 0.336. The SMILES string of the molecule is CC1(C)CN(c2ccc(CCl)cc2Br)CCS1. The summed E-state index contributed by atoms with van der Waals surface area (Å²) in [4.78, 5) is 2.46. The first kappa shape index (κ1) is 13.6. The van der Waals surface area contributed by atoms with Crippen molar-refractivity contribution in [2.75, 3.05) is 23.7 Å². The van der Waals surface area contributed by atoms with E-state index in [1.165, 1.54) is 11.4 Å². The third kappa shape index (κ3) is 3.33. The van der Waals surface area contributed by atoms with Gasteiger partial charge in [0.15, 0.2) is 0 Å². The first-order chi connectivity index (χ1) is 8.02. The van der Waals surface area contributed by atoms with E-state index >= 15 is 0 Å². The number of rotatable bonds is 2. The second-order valence-corrected chi connectivity index (χ2v) is 7.87. The van der Waals surface area contributed by atoms with Crippen molar-refractivity contribution in [2.24, 2.45) is 0 Å². The number of nitrogens with zero attached hydrogens (tertiary/aromatic N) is 1. The molecule has 1 heterocycles. The van der Waals surface area contributed by atoms with Gasteiger partial charge in [0.1, 0.15) is 0 Å². The average molecular weight is 335 g/mol. The van der Waals surface area contributed by atoms with Gasteiger partial charge in [-0.2, -0.15) is 11.8 Å². The van der Waals surface area contributed by atoms with Crippen LogP contribution in [0, 0.1) is 0 Å². The lowest BCUT2D eigenvalue weighted by atomic mass is 10.1. The van der Waals surface area contributed by atoms with Crippen molar-refractivity contribution in [2.45, 2.75) is 24.5 Å². The van der Waals surface area contributed by atoms with E-state index < -0.39 is 0 Å². The van der Waals surface area contributed by atoms with Gasteiger partial charge in [-0.25, -0.2) is 0 Å². The number of hydrogen-bond acceptors (Lipinski definition) is 2. The number of thioether (sulfide) groups is 1. The summed E-state index contributed by atoms with van der Waals surface area (Å²) < 4.78 is 1.49. The van der Waals surface area contributed by atoms with Crippen LogP contribution in [0.15, 0.2) is 22.7 Å². The monoisotopic (exact) mass is 333 g/mol. The van der Waals surface area contributed by atoms with Gasteiger partial charge in [0, 0.05) is 33.9 Å². The predicted octanol–water partition coefficient (Wildman–Crippen LogP) is 4.52. The van der Waals surface area contributed by atoms with Gasteiger partial charge in [0.05, 0.1) is 5.69 Å². The van der Waals surface area contributed by atoms with Crippen LogP contribution in [-0.2, 0) is 5.88 Å². The summed E-state index contributed by atoms with van der Waals surface area (Å²) in [5.41, 5.74) is 2.44. The second-order valence-electron chi connectivity index (χ2n) is 4.95. The highest BCUT2D eigenvalue weighted by molar-refractivity contribution is 9.10. The highest BCUT2D eigenvalue weighted by atomic mass is 79.9. The largest absolute Gasteiger partial charge is 0.368 e. The van der Waals surface area contributed by atoms with Crippen LogP contribution < -0.4 is 4.90 Å². The predicted molar refractivity (Wildman–Crippen MR) is 82.4 cm³/mol. The molecule has 0 amide bonds. The molecule has 4 heteroatoms. The highest BCUT2D eigenvalue weighted by Crippen LogP contribution is 2.35. The van der Waals surface area contributed by atoms with Crippen molar-refractivity contribution in [1.82, 2.24) is 0 Å². The molecule has 1 saturated heterocycles. The molecule has 0 aliphatic carbocycles. The molecule has 0 spiro atoms. The summed E-state index contributed by atoms with van der Waals surface area (Å²) in [5.74, 6) is 1.76. The molecule has 0 bridgehead atoms. The van der Waals surface area contributed by atoms with Gasteiger partial charge in [-0.3, -0.25) is 0 Å². The van der Waals surface area contributed by atoms with Crippen LogP contribution in [0.5, 0.6) is 0 Å². The first-order valence-corrected chi connectivity index (χ1v) is 8.06. The van der Waals surface area contributed by atoms with Crippen LogP contribution in [-0.4, -0.2) is 23.6 Å². The molecule has 1 aliphatic heterocycles. The lowest BCUT2D eigenvalue weighted by Gasteiger charge is -2.39. The Balaban J connectivity index is 2.22. The average Bonchev–Trinajstić information content (AvgIpc) is 2.27. The first-order valence-electron chi connectivity index (χ1n) is 5.75. The molecule has 1 aromatic carbocycles. The molecule has 1 aromatic rings. The molecule has 0 N–H and O–H groups in total. The quantitative estimate of drug-likeness (QED) is 0.732. The second kappa shape index (κ2) is 5.41. The number of alkyl halides is 1. The smallest absolute Gasteiger partial charge is 0.0511 e. The van der Waals surface area contributed by atoms with Gasteiger partial charge < -0.3 is 4.90 Å². The van der Waals surface area contributed by atoms with Gasteiger partial charge in [-0.05, 0) is 47.5 Å². The molecule has 0 unspecified atom stereocenters. The zero-order chi connectivity index (χ0) is 12.5. The Morgan fingerprint density at radius 2 is 2.24 bits per heavy atom. The van der Waals surface area contributed by atoms with Crippen LogP contribution in [0.1, 0.15) is 19.4 Å². The van der Waals surface area contributed by atoms with Crippen LogP contribution in [0.25, 0.3) is 0 Å². The fourth-order valence-electron chi connectivity index (χ4n) is 2.11. The van der Waals surface area contributed by atoms with E-state index in [-0.39, 0.29) is 0 Å². The van der Waals surface area contributed by atoms with Crippen LogP contribution in [0.3, 0.4) is 0 Å². The molecule has 17 heavy (non-hydrogen) atoms. The summed E-state index contributed by atoms with van der Waals surface area (Å²) in [5, 5.41) is 0. The van der Waals surface area contributed by atoms with Crippen LogP contribution >= 0.6 is 39.3 Å². The topological polar surface area (TPSA) is 3.24 Å². The fraction of sp³-hybridized carbons (Fsp3) is 0.538. The lowest BCUT2D eigenvalue weighted by molar-refractivity contribution is 0.647. The molecule has 0 aromatic heterocycles. The Morgan fingerprint density at radius 3 is 2.82 bits per heavy atom. The minimum Gasteiger partial charge on any atom is -0.368 e. The summed E-state index contributed by atoms with van der Waals surface area (Å²) in [6.07, 6.45) is 0. The van der Waals surface area contributed by atoms with Crippen molar-refractivity contribution in [3.8, 4) is 0 Å². The van der Waals surface area contributed by atoms with Gasteiger partial charge in [0.2, 0.25) is 0 Å². The summed E-state index contributed by atoms with van der Waals surface area (Å²) in [7, 11) is 0. The standard InChI is InChI=1S/C13H17BrClNS/c1-13(2)9-16(5-6-17-13)12-4-3-10(8-15)7-11(12)14/h3-4,7H,5-6,8-9H2,1-2H3. The maximum Gasteiger partial charge on any atom is 0.0511 e. The minimum absolute atomic E-state index is 0.336. The zero-order valence-electron chi connectivity index (χ0n) is 10.2. The summed E-state index contributed by atoms with van der Waals surface area (Å²) >= 11 is 11.6. The van der Waals surface area contributed by atoms with Crippen molar-refractivity contribution in [3.05, 3.63) is 28.2 Å². The Kier molecular flexibility index (Phi) is 4.32. The number of benzene rings is 1. The Hall–Kier alpha value is 0.140. The van der Waals surface area contributed by atoms with E-state index in [1.807, 2.05) is 0 Å². The normalized spacial score (nSPS) is 19.4. The molecule has 94 valence electrons. The van der Waals surface area contributed by atoms with E-state index in [0.29, 0.717) is 10.6 Å². The number of halogens is 2. The molecule has 1 aliphatic rings. The van der Waals surface area contributed by atoms with E-state index in [2.05, 4.69) is 64.6 Å². The van der Waals surface area contributed by atoms with Crippen molar-refractivity contribution >= 4 is 45.0 Å². The lowest BCUT2D eigenvalue weighted by Crippen LogP contribution is -2.43. The Labute approximate surface area is 121 Å². The molecule has 1 nitrogen and oxygen atoms in total. The van der Waals surface area contributed by atoms with Crippen LogP contribution in [0.2, 0.25) is 0 Å². The summed E-state index contributed by atoms with van der Waals surface area (Å²) in [6, 6.07) is 6.41. The molecule has 2 rings (SSSR count).